The number of nitrogens with two attached hydrogens (primary N) is 1. The Morgan fingerprint density at radius 2 is 1.67 bits per heavy atom. The summed E-state index contributed by atoms with van der Waals surface area (Å²) in [6.45, 7) is 4.33. The molecule has 0 amide bonds. The lowest BCUT2D eigenvalue weighted by atomic mass is 9.84. The van der Waals surface area contributed by atoms with E-state index in [0.29, 0.717) is 23.2 Å². The van der Waals surface area contributed by atoms with Gasteiger partial charge < -0.3 is 20.1 Å². The number of carboxylic acids is 1. The van der Waals surface area contributed by atoms with Gasteiger partial charge in [-0.25, -0.2) is 13.6 Å². The smallest absolute Gasteiger partial charge is 0.335 e. The highest BCUT2D eigenvalue weighted by atomic mass is 19.1. The van der Waals surface area contributed by atoms with Gasteiger partial charge in [-0.3, -0.25) is 0 Å². The molecule has 0 unspecified atom stereocenters. The predicted octanol–water partition coefficient (Wildman–Crippen LogP) is 5.78. The van der Waals surface area contributed by atoms with Gasteiger partial charge in [0.05, 0.1) is 17.7 Å². The van der Waals surface area contributed by atoms with E-state index in [0.717, 1.165) is 16.8 Å². The molecule has 7 heteroatoms. The zero-order chi connectivity index (χ0) is 23.9. The minimum Gasteiger partial charge on any atom is -0.478 e. The minimum atomic E-state index is -1.03. The number of benzene rings is 3. The van der Waals surface area contributed by atoms with E-state index < -0.39 is 17.2 Å². The molecule has 0 fully saturated rings. The third-order valence-corrected chi connectivity index (χ3v) is 5.72. The Hall–Kier alpha value is -3.71. The van der Waals surface area contributed by atoms with E-state index in [-0.39, 0.29) is 17.1 Å². The van der Waals surface area contributed by atoms with Crippen LogP contribution >= 0.6 is 0 Å². The van der Waals surface area contributed by atoms with Gasteiger partial charge >= 0.3 is 5.97 Å². The fourth-order valence-electron chi connectivity index (χ4n) is 4.40. The number of hydrogen-bond acceptors (Lipinski definition) is 3. The number of carboxylic acid groups (broad SMARTS) is 1. The van der Waals surface area contributed by atoms with Gasteiger partial charge in [0, 0.05) is 40.5 Å². The number of nitrogen functional groups attached to an aromatic ring is 1. The Morgan fingerprint density at radius 1 is 1.03 bits per heavy atom. The second-order valence-corrected chi connectivity index (χ2v) is 8.62. The third-order valence-electron chi connectivity index (χ3n) is 5.72. The van der Waals surface area contributed by atoms with Crippen molar-refractivity contribution in [2.75, 3.05) is 19.5 Å². The van der Waals surface area contributed by atoms with Crippen molar-refractivity contribution in [1.29, 1.82) is 0 Å². The Balaban J connectivity index is 2.17. The Labute approximate surface area is 190 Å². The predicted molar refractivity (Wildman–Crippen MR) is 125 cm³/mol. The maximum absolute atomic E-state index is 14.5. The van der Waals surface area contributed by atoms with Crippen molar-refractivity contribution >= 4 is 22.6 Å². The van der Waals surface area contributed by atoms with E-state index in [1.54, 1.807) is 31.4 Å². The fourth-order valence-corrected chi connectivity index (χ4v) is 4.40. The fraction of sp³-hybridized carbons (Fsp3) is 0.192. The number of aromatic nitrogens is 1. The molecule has 170 valence electrons. The average Bonchev–Trinajstić information content (AvgIpc) is 3.10. The molecule has 0 bridgehead atoms. The van der Waals surface area contributed by atoms with Gasteiger partial charge in [-0.05, 0) is 54.1 Å². The summed E-state index contributed by atoms with van der Waals surface area (Å²) in [6, 6.07) is 15.1. The van der Waals surface area contributed by atoms with Crippen LogP contribution in [-0.2, 0) is 10.2 Å². The Kier molecular flexibility index (Phi) is 5.68. The summed E-state index contributed by atoms with van der Waals surface area (Å²) in [5.74, 6) is -1.91. The molecule has 1 heterocycles. The highest BCUT2D eigenvalue weighted by molar-refractivity contribution is 6.07. The van der Waals surface area contributed by atoms with E-state index in [4.69, 9.17) is 10.5 Å². The van der Waals surface area contributed by atoms with Crippen LogP contribution in [-0.4, -0.2) is 29.4 Å². The molecule has 4 aromatic rings. The largest absolute Gasteiger partial charge is 0.478 e. The second-order valence-electron chi connectivity index (χ2n) is 8.62. The molecule has 0 saturated heterocycles. The first-order chi connectivity index (χ1) is 15.6. The van der Waals surface area contributed by atoms with Crippen molar-refractivity contribution < 1.29 is 23.4 Å². The van der Waals surface area contributed by atoms with Crippen LogP contribution < -0.4 is 5.73 Å². The lowest BCUT2D eigenvalue weighted by Gasteiger charge is -2.28. The molecule has 0 aliphatic carbocycles. The zero-order valence-electron chi connectivity index (χ0n) is 18.5. The molecule has 0 aliphatic rings. The van der Waals surface area contributed by atoms with E-state index in [1.165, 1.54) is 36.4 Å². The summed E-state index contributed by atoms with van der Waals surface area (Å²) in [6.07, 6.45) is 0. The van der Waals surface area contributed by atoms with Crippen LogP contribution in [0.3, 0.4) is 0 Å². The first-order valence-electron chi connectivity index (χ1n) is 10.4. The van der Waals surface area contributed by atoms with Crippen LogP contribution in [0, 0.1) is 11.6 Å². The average molecular weight is 450 g/mol. The summed E-state index contributed by atoms with van der Waals surface area (Å²) in [7, 11) is 1.60. The van der Waals surface area contributed by atoms with Gasteiger partial charge in [-0.2, -0.15) is 0 Å². The maximum Gasteiger partial charge on any atom is 0.335 e. The second kappa shape index (κ2) is 8.33. The SMILES string of the molecule is COCC(C)(C)c1c(-c2ccc(C(=O)O)cc2)c2c(N)cc(F)cc2n1-c1ccc(F)cc1. The normalized spacial score (nSPS) is 11.8. The third kappa shape index (κ3) is 3.96. The molecule has 0 aliphatic heterocycles. The molecule has 4 rings (SSSR count). The van der Waals surface area contributed by atoms with Crippen LogP contribution in [0.4, 0.5) is 14.5 Å². The van der Waals surface area contributed by atoms with Gasteiger partial charge in [0.25, 0.3) is 0 Å². The van der Waals surface area contributed by atoms with Crippen LogP contribution in [0.15, 0.2) is 60.7 Å². The van der Waals surface area contributed by atoms with Crippen LogP contribution in [0.25, 0.3) is 27.7 Å². The number of hydrogen-bond donors (Lipinski definition) is 2. The first kappa shape index (κ1) is 22.5. The zero-order valence-corrected chi connectivity index (χ0v) is 18.5. The van der Waals surface area contributed by atoms with Crippen molar-refractivity contribution in [1.82, 2.24) is 4.57 Å². The molecule has 0 radical (unpaired) electrons. The Morgan fingerprint density at radius 3 is 2.24 bits per heavy atom. The molecule has 5 nitrogen and oxygen atoms in total. The summed E-state index contributed by atoms with van der Waals surface area (Å²) < 4.78 is 35.6. The van der Waals surface area contributed by atoms with Crippen molar-refractivity contribution in [2.45, 2.75) is 19.3 Å². The lowest BCUT2D eigenvalue weighted by molar-refractivity contribution is 0.0697. The molecule has 0 saturated carbocycles. The van der Waals surface area contributed by atoms with Crippen molar-refractivity contribution in [3.8, 4) is 16.8 Å². The maximum atomic E-state index is 14.5. The van der Waals surface area contributed by atoms with Crippen LogP contribution in [0.5, 0.6) is 0 Å². The number of ether oxygens (including phenoxy) is 1. The summed E-state index contributed by atoms with van der Waals surface area (Å²) in [4.78, 5) is 11.4. The highest BCUT2D eigenvalue weighted by Crippen LogP contribution is 2.45. The summed E-state index contributed by atoms with van der Waals surface area (Å²) in [5.41, 5.74) is 9.57. The quantitative estimate of drug-likeness (QED) is 0.365. The number of methoxy groups -OCH3 is 1. The number of fused-ring (bicyclic) bond motifs is 1. The first-order valence-corrected chi connectivity index (χ1v) is 10.4. The number of carbonyl (C=O) groups is 1. The van der Waals surface area contributed by atoms with E-state index >= 15 is 0 Å². The topological polar surface area (TPSA) is 77.5 Å². The number of anilines is 1. The van der Waals surface area contributed by atoms with Gasteiger partial charge in [0.15, 0.2) is 0 Å². The lowest BCUT2D eigenvalue weighted by Crippen LogP contribution is -2.27. The van der Waals surface area contributed by atoms with E-state index in [9.17, 15) is 18.7 Å². The minimum absolute atomic E-state index is 0.151. The van der Waals surface area contributed by atoms with Gasteiger partial charge in [-0.1, -0.05) is 26.0 Å². The van der Waals surface area contributed by atoms with Crippen molar-refractivity contribution in [2.24, 2.45) is 0 Å². The molecule has 3 aromatic carbocycles. The molecule has 3 N–H and O–H groups in total. The highest BCUT2D eigenvalue weighted by Gasteiger charge is 2.33. The molecule has 33 heavy (non-hydrogen) atoms. The van der Waals surface area contributed by atoms with E-state index in [2.05, 4.69) is 0 Å². The number of halogens is 2. The summed E-state index contributed by atoms with van der Waals surface area (Å²) >= 11 is 0. The van der Waals surface area contributed by atoms with Crippen molar-refractivity contribution in [3.05, 3.63) is 83.6 Å². The van der Waals surface area contributed by atoms with Gasteiger partial charge in [-0.15, -0.1) is 0 Å². The van der Waals surface area contributed by atoms with Gasteiger partial charge in [0.2, 0.25) is 0 Å². The molecule has 1 aromatic heterocycles. The summed E-state index contributed by atoms with van der Waals surface area (Å²) in [5, 5.41) is 9.94. The van der Waals surface area contributed by atoms with Gasteiger partial charge in [0.1, 0.15) is 11.6 Å². The van der Waals surface area contributed by atoms with Crippen LogP contribution in [0.2, 0.25) is 0 Å². The molecule has 0 atom stereocenters. The standard InChI is InChI=1S/C26H24F2N2O3/c1-26(2,14-33-3)24-22(15-4-6-16(7-5-15)25(31)32)23-20(29)12-18(28)13-21(23)30(24)19-10-8-17(27)9-11-19/h4-13H,14,29H2,1-3H3,(H,31,32). The molecule has 0 spiro atoms. The molecular formula is C26H24F2N2O3. The number of aromatic carboxylic acids is 1. The van der Waals surface area contributed by atoms with Crippen LogP contribution in [0.1, 0.15) is 29.9 Å². The Bertz CT molecular complexity index is 1340. The monoisotopic (exact) mass is 450 g/mol. The van der Waals surface area contributed by atoms with Crippen molar-refractivity contribution in [3.63, 3.8) is 0 Å². The van der Waals surface area contributed by atoms with E-state index in [1.807, 2.05) is 18.4 Å². The number of rotatable bonds is 6. The number of nitrogens with zero attached hydrogens (tertiary/aromatic N) is 1. The molecular weight excluding hydrogens is 426 g/mol.